The van der Waals surface area contributed by atoms with Crippen molar-refractivity contribution < 1.29 is 8.42 Å². The first kappa shape index (κ1) is 22.2. The molecule has 0 spiro atoms. The molecule has 8 nitrogen and oxygen atoms in total. The van der Waals surface area contributed by atoms with Crippen molar-refractivity contribution in [3.63, 3.8) is 0 Å². The summed E-state index contributed by atoms with van der Waals surface area (Å²) in [5.41, 5.74) is 0. The third-order valence-electron chi connectivity index (χ3n) is 4.91. The zero-order valence-corrected chi connectivity index (χ0v) is 18.9. The van der Waals surface area contributed by atoms with Gasteiger partial charge in [-0.15, -0.1) is 24.0 Å². The molecule has 1 aromatic rings. The van der Waals surface area contributed by atoms with Gasteiger partial charge in [-0.05, 0) is 12.1 Å². The van der Waals surface area contributed by atoms with Gasteiger partial charge in [0.15, 0.2) is 15.8 Å². The van der Waals surface area contributed by atoms with Crippen LogP contribution in [0.25, 0.3) is 0 Å². The van der Waals surface area contributed by atoms with E-state index < -0.39 is 9.84 Å². The average molecular weight is 508 g/mol. The molecule has 152 valence electrons. The number of pyridine rings is 1. The maximum atomic E-state index is 11.5. The summed E-state index contributed by atoms with van der Waals surface area (Å²) >= 11 is 0. The second-order valence-electron chi connectivity index (χ2n) is 6.63. The molecule has 0 saturated carbocycles. The molecule has 1 aromatic heterocycles. The molecule has 3 rings (SSSR count). The Bertz CT molecular complexity index is 693. The maximum absolute atomic E-state index is 11.5. The molecule has 0 aromatic carbocycles. The van der Waals surface area contributed by atoms with E-state index in [-0.39, 0.29) is 35.5 Å². The van der Waals surface area contributed by atoms with Gasteiger partial charge in [0.25, 0.3) is 0 Å². The molecule has 0 aliphatic carbocycles. The summed E-state index contributed by atoms with van der Waals surface area (Å²) in [4.78, 5) is 15.6. The molecular formula is C17H29IN6O2S. The van der Waals surface area contributed by atoms with E-state index in [1.54, 1.807) is 7.05 Å². The van der Waals surface area contributed by atoms with Gasteiger partial charge in [-0.25, -0.2) is 13.4 Å². The molecule has 0 bridgehead atoms. The molecule has 2 aliphatic heterocycles. The predicted octanol–water partition coefficient (Wildman–Crippen LogP) is 0.127. The minimum Gasteiger partial charge on any atom is -0.355 e. The van der Waals surface area contributed by atoms with Gasteiger partial charge in [0, 0.05) is 65.6 Å². The molecule has 0 radical (unpaired) electrons. The number of hydrogen-bond acceptors (Lipinski definition) is 6. The Morgan fingerprint density at radius 3 is 2.44 bits per heavy atom. The van der Waals surface area contributed by atoms with Crippen LogP contribution in [0.2, 0.25) is 0 Å². The van der Waals surface area contributed by atoms with Crippen LogP contribution in [0.4, 0.5) is 5.82 Å². The number of aliphatic imine (C=N–C) groups is 1. The second-order valence-corrected chi connectivity index (χ2v) is 8.93. The van der Waals surface area contributed by atoms with E-state index in [4.69, 9.17) is 0 Å². The van der Waals surface area contributed by atoms with E-state index in [9.17, 15) is 8.42 Å². The highest BCUT2D eigenvalue weighted by atomic mass is 127. The molecule has 27 heavy (non-hydrogen) atoms. The van der Waals surface area contributed by atoms with Crippen molar-refractivity contribution in [1.29, 1.82) is 0 Å². The van der Waals surface area contributed by atoms with Crippen LogP contribution in [-0.4, -0.2) is 100 Å². The number of rotatable bonds is 4. The minimum atomic E-state index is -2.81. The molecular weight excluding hydrogens is 479 g/mol. The summed E-state index contributed by atoms with van der Waals surface area (Å²) in [6.07, 6.45) is 1.83. The fourth-order valence-corrected chi connectivity index (χ4v) is 4.60. The zero-order chi connectivity index (χ0) is 18.4. The first-order valence-corrected chi connectivity index (χ1v) is 10.9. The summed E-state index contributed by atoms with van der Waals surface area (Å²) < 4.78 is 23.0. The standard InChI is InChI=1S/C17H28N6O2S.HI/c1-18-17(20-6-7-21-12-14-26(24,25)15-13-21)23-10-8-22(9-11-23)16-4-2-3-5-19-16;/h2-5H,6-15H2,1H3,(H,18,20);1H. The lowest BCUT2D eigenvalue weighted by atomic mass is 10.3. The Balaban J connectivity index is 0.00000261. The predicted molar refractivity (Wildman–Crippen MR) is 120 cm³/mol. The molecule has 2 aliphatic rings. The molecule has 0 unspecified atom stereocenters. The van der Waals surface area contributed by atoms with Gasteiger partial charge in [-0.1, -0.05) is 6.07 Å². The molecule has 3 heterocycles. The smallest absolute Gasteiger partial charge is 0.193 e. The van der Waals surface area contributed by atoms with Gasteiger partial charge in [-0.3, -0.25) is 9.89 Å². The van der Waals surface area contributed by atoms with Crippen LogP contribution in [0.1, 0.15) is 0 Å². The highest BCUT2D eigenvalue weighted by molar-refractivity contribution is 14.0. The molecule has 2 saturated heterocycles. The third kappa shape index (κ3) is 6.46. The maximum Gasteiger partial charge on any atom is 0.193 e. The van der Waals surface area contributed by atoms with Crippen LogP contribution < -0.4 is 10.2 Å². The number of aromatic nitrogens is 1. The third-order valence-corrected chi connectivity index (χ3v) is 6.52. The lowest BCUT2D eigenvalue weighted by Crippen LogP contribution is -2.53. The SMILES string of the molecule is CN=C(NCCN1CCS(=O)(=O)CC1)N1CCN(c2ccccn2)CC1.I. The zero-order valence-electron chi connectivity index (χ0n) is 15.7. The van der Waals surface area contributed by atoms with E-state index in [0.717, 1.165) is 51.0 Å². The topological polar surface area (TPSA) is 81.1 Å². The highest BCUT2D eigenvalue weighted by Gasteiger charge is 2.22. The molecule has 0 amide bonds. The van der Waals surface area contributed by atoms with Crippen molar-refractivity contribution in [2.75, 3.05) is 75.8 Å². The van der Waals surface area contributed by atoms with Crippen molar-refractivity contribution in [3.8, 4) is 0 Å². The Morgan fingerprint density at radius 1 is 1.15 bits per heavy atom. The molecule has 2 fully saturated rings. The second kappa shape index (κ2) is 10.4. The first-order chi connectivity index (χ1) is 12.6. The fraction of sp³-hybridized carbons (Fsp3) is 0.647. The number of nitrogens with one attached hydrogen (secondary N) is 1. The van der Waals surface area contributed by atoms with Crippen LogP contribution in [-0.2, 0) is 9.84 Å². The largest absolute Gasteiger partial charge is 0.355 e. The fourth-order valence-electron chi connectivity index (χ4n) is 3.32. The normalized spacial score (nSPS) is 20.9. The van der Waals surface area contributed by atoms with Crippen molar-refractivity contribution >= 4 is 45.6 Å². The number of piperazine rings is 1. The van der Waals surface area contributed by atoms with E-state index in [0.29, 0.717) is 13.1 Å². The lowest BCUT2D eigenvalue weighted by molar-refractivity contribution is 0.296. The van der Waals surface area contributed by atoms with Crippen LogP contribution in [0, 0.1) is 0 Å². The summed E-state index contributed by atoms with van der Waals surface area (Å²) in [6, 6.07) is 5.99. The lowest BCUT2D eigenvalue weighted by Gasteiger charge is -2.37. The van der Waals surface area contributed by atoms with Gasteiger partial charge in [0.2, 0.25) is 0 Å². The van der Waals surface area contributed by atoms with Gasteiger partial charge in [0.1, 0.15) is 5.82 Å². The van der Waals surface area contributed by atoms with Crippen molar-refractivity contribution in [2.24, 2.45) is 4.99 Å². The average Bonchev–Trinajstić information content (AvgIpc) is 2.67. The summed E-state index contributed by atoms with van der Waals surface area (Å²) in [5, 5.41) is 3.41. The Labute approximate surface area is 179 Å². The summed E-state index contributed by atoms with van der Waals surface area (Å²) in [7, 11) is -1.00. The van der Waals surface area contributed by atoms with Gasteiger partial charge < -0.3 is 15.1 Å². The number of guanidine groups is 1. The van der Waals surface area contributed by atoms with E-state index in [1.165, 1.54) is 0 Å². The first-order valence-electron chi connectivity index (χ1n) is 9.12. The number of halogens is 1. The number of hydrogen-bond donors (Lipinski definition) is 1. The number of sulfone groups is 1. The van der Waals surface area contributed by atoms with Crippen molar-refractivity contribution in [3.05, 3.63) is 24.4 Å². The van der Waals surface area contributed by atoms with E-state index in [1.807, 2.05) is 24.4 Å². The summed E-state index contributed by atoms with van der Waals surface area (Å²) in [6.45, 7) is 6.51. The Kier molecular flexibility index (Phi) is 8.55. The van der Waals surface area contributed by atoms with Crippen LogP contribution in [0.3, 0.4) is 0 Å². The van der Waals surface area contributed by atoms with E-state index >= 15 is 0 Å². The molecule has 1 N–H and O–H groups in total. The highest BCUT2D eigenvalue weighted by Crippen LogP contribution is 2.12. The number of anilines is 1. The monoisotopic (exact) mass is 508 g/mol. The van der Waals surface area contributed by atoms with Gasteiger partial charge in [-0.2, -0.15) is 0 Å². The van der Waals surface area contributed by atoms with Crippen LogP contribution >= 0.6 is 24.0 Å². The number of nitrogens with zero attached hydrogens (tertiary/aromatic N) is 5. The minimum absolute atomic E-state index is 0. The van der Waals surface area contributed by atoms with Gasteiger partial charge >= 0.3 is 0 Å². The Morgan fingerprint density at radius 2 is 1.85 bits per heavy atom. The van der Waals surface area contributed by atoms with Crippen LogP contribution in [0.15, 0.2) is 29.4 Å². The summed E-state index contributed by atoms with van der Waals surface area (Å²) in [5.74, 6) is 2.49. The van der Waals surface area contributed by atoms with Crippen molar-refractivity contribution in [1.82, 2.24) is 20.1 Å². The van der Waals surface area contributed by atoms with E-state index in [2.05, 4.69) is 30.0 Å². The van der Waals surface area contributed by atoms with Crippen LogP contribution in [0.5, 0.6) is 0 Å². The quantitative estimate of drug-likeness (QED) is 0.352. The van der Waals surface area contributed by atoms with Gasteiger partial charge in [0.05, 0.1) is 11.5 Å². The molecule has 10 heteroatoms. The Hall–Kier alpha value is -1.14. The van der Waals surface area contributed by atoms with Crippen molar-refractivity contribution in [2.45, 2.75) is 0 Å². The molecule has 0 atom stereocenters.